The lowest BCUT2D eigenvalue weighted by Gasteiger charge is -2.10. The summed E-state index contributed by atoms with van der Waals surface area (Å²) in [5, 5.41) is 6.83. The van der Waals surface area contributed by atoms with E-state index in [9.17, 15) is 18.0 Å². The van der Waals surface area contributed by atoms with Crippen molar-refractivity contribution in [1.29, 1.82) is 0 Å². The van der Waals surface area contributed by atoms with E-state index in [1.54, 1.807) is 36.6 Å². The minimum atomic E-state index is -3.61. The zero-order chi connectivity index (χ0) is 17.7. The van der Waals surface area contributed by atoms with Crippen LogP contribution in [0.5, 0.6) is 0 Å². The topological polar surface area (TPSA) is 104 Å². The highest BCUT2D eigenvalue weighted by molar-refractivity contribution is 7.89. The summed E-state index contributed by atoms with van der Waals surface area (Å²) < 4.78 is 26.1. The third-order valence-corrected chi connectivity index (χ3v) is 5.61. The van der Waals surface area contributed by atoms with Crippen molar-refractivity contribution < 1.29 is 18.0 Å². The van der Waals surface area contributed by atoms with Crippen LogP contribution in [0.2, 0.25) is 0 Å². The van der Waals surface area contributed by atoms with Gasteiger partial charge in [-0.2, -0.15) is 0 Å². The molecule has 128 valence electrons. The van der Waals surface area contributed by atoms with Gasteiger partial charge in [0.1, 0.15) is 0 Å². The quantitative estimate of drug-likeness (QED) is 0.716. The van der Waals surface area contributed by atoms with E-state index in [0.717, 1.165) is 0 Å². The molecular weight excluding hydrogens is 350 g/mol. The lowest BCUT2D eigenvalue weighted by atomic mass is 10.2. The lowest BCUT2D eigenvalue weighted by Crippen LogP contribution is -2.32. The van der Waals surface area contributed by atoms with E-state index in [0.29, 0.717) is 16.1 Å². The molecule has 0 spiro atoms. The largest absolute Gasteiger partial charge is 0.342 e. The van der Waals surface area contributed by atoms with Gasteiger partial charge in [0.2, 0.25) is 15.9 Å². The minimum Gasteiger partial charge on any atom is -0.342 e. The number of aryl methyl sites for hydroxylation is 1. The minimum absolute atomic E-state index is 0.0884. The van der Waals surface area contributed by atoms with Crippen molar-refractivity contribution >= 4 is 38.9 Å². The van der Waals surface area contributed by atoms with E-state index < -0.39 is 15.9 Å². The summed E-state index contributed by atoms with van der Waals surface area (Å²) in [6, 6.07) is 7.98. The number of carbonyl (C=O) groups excluding carboxylic acids is 2. The number of anilines is 1. The van der Waals surface area contributed by atoms with Gasteiger partial charge in [-0.15, -0.1) is 11.3 Å². The zero-order valence-corrected chi connectivity index (χ0v) is 14.8. The fraction of sp³-hybridized carbons (Fsp3) is 0.200. The first-order valence-corrected chi connectivity index (χ1v) is 9.35. The molecule has 0 bridgehead atoms. The van der Waals surface area contributed by atoms with E-state index in [2.05, 4.69) is 15.4 Å². The molecule has 0 aliphatic heterocycles. The molecule has 0 fully saturated rings. The summed E-state index contributed by atoms with van der Waals surface area (Å²) >= 11 is 1.28. The van der Waals surface area contributed by atoms with E-state index >= 15 is 0 Å². The van der Waals surface area contributed by atoms with Crippen LogP contribution < -0.4 is 15.4 Å². The van der Waals surface area contributed by atoms with Crippen molar-refractivity contribution in [2.75, 3.05) is 18.9 Å². The molecule has 2 rings (SSSR count). The number of benzene rings is 1. The Morgan fingerprint density at radius 2 is 1.96 bits per heavy atom. The Morgan fingerprint density at radius 1 is 1.21 bits per heavy atom. The summed E-state index contributed by atoms with van der Waals surface area (Å²) in [5.74, 6) is -0.779. The molecule has 9 heteroatoms. The van der Waals surface area contributed by atoms with Crippen LogP contribution in [0.15, 0.2) is 40.6 Å². The Hall–Kier alpha value is -2.23. The molecule has 0 unspecified atom stereocenters. The van der Waals surface area contributed by atoms with Gasteiger partial charge in [-0.3, -0.25) is 9.59 Å². The molecule has 1 aromatic carbocycles. The standard InChI is InChI=1S/C15H17N3O4S2/c1-10-5-6-11(8-13(10)24(21,22)16-2)18-14(19)9-17-15(20)12-4-3-7-23-12/h3-8,16H,9H2,1-2H3,(H,17,20)(H,18,19). The number of carbonyl (C=O) groups is 2. The van der Waals surface area contributed by atoms with E-state index in [1.165, 1.54) is 24.5 Å². The van der Waals surface area contributed by atoms with Gasteiger partial charge in [0, 0.05) is 5.69 Å². The maximum Gasteiger partial charge on any atom is 0.261 e. The van der Waals surface area contributed by atoms with Gasteiger partial charge in [-0.05, 0) is 43.1 Å². The molecule has 2 amide bonds. The average molecular weight is 367 g/mol. The average Bonchev–Trinajstić information content (AvgIpc) is 3.09. The third kappa shape index (κ3) is 4.40. The summed E-state index contributed by atoms with van der Waals surface area (Å²) in [7, 11) is -2.29. The number of amides is 2. The molecule has 0 atom stereocenters. The normalized spacial score (nSPS) is 11.1. The first kappa shape index (κ1) is 18.1. The van der Waals surface area contributed by atoms with Gasteiger partial charge in [-0.25, -0.2) is 13.1 Å². The van der Waals surface area contributed by atoms with Crippen molar-refractivity contribution in [1.82, 2.24) is 10.0 Å². The Labute approximate surface area is 144 Å². The molecule has 0 aliphatic carbocycles. The van der Waals surface area contributed by atoms with Gasteiger partial charge in [-0.1, -0.05) is 12.1 Å². The van der Waals surface area contributed by atoms with Crippen LogP contribution in [0.25, 0.3) is 0 Å². The van der Waals surface area contributed by atoms with Crippen LogP contribution >= 0.6 is 11.3 Å². The predicted molar refractivity (Wildman–Crippen MR) is 92.7 cm³/mol. The SMILES string of the molecule is CNS(=O)(=O)c1cc(NC(=O)CNC(=O)c2cccs2)ccc1C. The van der Waals surface area contributed by atoms with Gasteiger partial charge >= 0.3 is 0 Å². The molecule has 0 radical (unpaired) electrons. The van der Waals surface area contributed by atoms with Crippen molar-refractivity contribution in [3.05, 3.63) is 46.2 Å². The molecule has 2 aromatic rings. The Kier molecular flexibility index (Phi) is 5.71. The van der Waals surface area contributed by atoms with Crippen LogP contribution in [0.1, 0.15) is 15.2 Å². The lowest BCUT2D eigenvalue weighted by molar-refractivity contribution is -0.115. The van der Waals surface area contributed by atoms with Crippen LogP contribution in [0.3, 0.4) is 0 Å². The highest BCUT2D eigenvalue weighted by Crippen LogP contribution is 2.19. The fourth-order valence-electron chi connectivity index (χ4n) is 1.94. The molecule has 1 aromatic heterocycles. The second-order valence-electron chi connectivity index (χ2n) is 4.90. The highest BCUT2D eigenvalue weighted by Gasteiger charge is 2.16. The summed E-state index contributed by atoms with van der Waals surface area (Å²) in [5.41, 5.74) is 0.901. The molecular formula is C15H17N3O4S2. The first-order chi connectivity index (χ1) is 11.3. The Balaban J connectivity index is 2.02. The molecule has 24 heavy (non-hydrogen) atoms. The molecule has 0 saturated heterocycles. The summed E-state index contributed by atoms with van der Waals surface area (Å²) in [4.78, 5) is 24.3. The predicted octanol–water partition coefficient (Wildman–Crippen LogP) is 1.33. The first-order valence-electron chi connectivity index (χ1n) is 6.99. The van der Waals surface area contributed by atoms with E-state index in [4.69, 9.17) is 0 Å². The molecule has 7 nitrogen and oxygen atoms in total. The number of nitrogens with one attached hydrogen (secondary N) is 3. The van der Waals surface area contributed by atoms with Crippen LogP contribution in [-0.2, 0) is 14.8 Å². The maximum atomic E-state index is 11.9. The number of rotatable bonds is 6. The van der Waals surface area contributed by atoms with Gasteiger partial charge < -0.3 is 10.6 Å². The Bertz CT molecular complexity index is 846. The van der Waals surface area contributed by atoms with Gasteiger partial charge in [0.25, 0.3) is 5.91 Å². The highest BCUT2D eigenvalue weighted by atomic mass is 32.2. The summed E-state index contributed by atoms with van der Waals surface area (Å²) in [6.45, 7) is 1.45. The summed E-state index contributed by atoms with van der Waals surface area (Å²) in [6.07, 6.45) is 0. The van der Waals surface area contributed by atoms with Crippen molar-refractivity contribution in [2.24, 2.45) is 0 Å². The van der Waals surface area contributed by atoms with Gasteiger partial charge in [0.15, 0.2) is 0 Å². The van der Waals surface area contributed by atoms with Crippen LogP contribution in [0, 0.1) is 6.92 Å². The van der Waals surface area contributed by atoms with E-state index in [-0.39, 0.29) is 17.3 Å². The zero-order valence-electron chi connectivity index (χ0n) is 13.1. The number of hydrogen-bond donors (Lipinski definition) is 3. The Morgan fingerprint density at radius 3 is 2.58 bits per heavy atom. The van der Waals surface area contributed by atoms with E-state index in [1.807, 2.05) is 0 Å². The smallest absolute Gasteiger partial charge is 0.261 e. The number of hydrogen-bond acceptors (Lipinski definition) is 5. The monoisotopic (exact) mass is 367 g/mol. The second kappa shape index (κ2) is 7.56. The molecule has 0 aliphatic rings. The fourth-order valence-corrected chi connectivity index (χ4v) is 3.57. The maximum absolute atomic E-state index is 11.9. The second-order valence-corrected chi connectivity index (χ2v) is 7.70. The molecule has 3 N–H and O–H groups in total. The van der Waals surface area contributed by atoms with Crippen molar-refractivity contribution in [2.45, 2.75) is 11.8 Å². The van der Waals surface area contributed by atoms with Crippen molar-refractivity contribution in [3.63, 3.8) is 0 Å². The number of sulfonamides is 1. The van der Waals surface area contributed by atoms with Gasteiger partial charge in [0.05, 0.1) is 16.3 Å². The molecule has 0 saturated carbocycles. The van der Waals surface area contributed by atoms with Crippen LogP contribution in [0.4, 0.5) is 5.69 Å². The third-order valence-electron chi connectivity index (χ3n) is 3.18. The van der Waals surface area contributed by atoms with Crippen molar-refractivity contribution in [3.8, 4) is 0 Å². The molecule has 1 heterocycles. The van der Waals surface area contributed by atoms with Crippen LogP contribution in [-0.4, -0.2) is 33.8 Å². The number of thiophene rings is 1.